The molecule has 0 bridgehead atoms. The molecule has 1 aromatic heterocycles. The van der Waals surface area contributed by atoms with Crippen LogP contribution in [0.15, 0.2) is 34.9 Å². The molecular weight excluding hydrogens is 238 g/mol. The van der Waals surface area contributed by atoms with Crippen molar-refractivity contribution in [2.75, 3.05) is 0 Å². The van der Waals surface area contributed by atoms with Crippen LogP contribution in [0.5, 0.6) is 0 Å². The van der Waals surface area contributed by atoms with Crippen molar-refractivity contribution in [3.8, 4) is 11.3 Å². The number of aromatic nitrogens is 1. The molecule has 3 nitrogen and oxygen atoms in total. The molecule has 0 radical (unpaired) electrons. The summed E-state index contributed by atoms with van der Waals surface area (Å²) in [6, 6.07) is 10.1. The number of nitrogens with zero attached hydrogens (tertiary/aromatic N) is 1. The molecular formula is C16H19NO2. The maximum atomic E-state index is 10.6. The van der Waals surface area contributed by atoms with Crippen LogP contribution in [0.1, 0.15) is 43.4 Å². The van der Waals surface area contributed by atoms with Gasteiger partial charge in [0.1, 0.15) is 11.3 Å². The van der Waals surface area contributed by atoms with Gasteiger partial charge in [-0.1, -0.05) is 54.2 Å². The van der Waals surface area contributed by atoms with Crippen LogP contribution in [0.2, 0.25) is 0 Å². The molecule has 1 aromatic carbocycles. The number of aliphatic hydroxyl groups is 1. The second-order valence-corrected chi connectivity index (χ2v) is 5.53. The molecule has 1 aliphatic rings. The van der Waals surface area contributed by atoms with Crippen LogP contribution in [-0.4, -0.2) is 10.3 Å². The van der Waals surface area contributed by atoms with Gasteiger partial charge < -0.3 is 9.63 Å². The van der Waals surface area contributed by atoms with Gasteiger partial charge in [0.2, 0.25) is 0 Å². The minimum Gasteiger partial charge on any atom is -0.382 e. The summed E-state index contributed by atoms with van der Waals surface area (Å²) in [5, 5.41) is 14.7. The topological polar surface area (TPSA) is 46.3 Å². The standard InChI is InChI=1S/C16H19NO2/c1-12-5-7-13(8-6-12)14-11-15(19-17-14)16(18)9-3-2-4-10-16/h5-8,11,18H,2-4,9-10H2,1H3. The SMILES string of the molecule is Cc1ccc(-c2cc(C3(O)CCCCC3)on2)cc1. The second-order valence-electron chi connectivity index (χ2n) is 5.53. The summed E-state index contributed by atoms with van der Waals surface area (Å²) in [5.74, 6) is 0.614. The van der Waals surface area contributed by atoms with Crippen molar-refractivity contribution < 1.29 is 9.63 Å². The van der Waals surface area contributed by atoms with Crippen molar-refractivity contribution in [1.82, 2.24) is 5.16 Å². The third-order valence-corrected chi connectivity index (χ3v) is 4.00. The maximum Gasteiger partial charge on any atom is 0.168 e. The molecule has 3 heteroatoms. The van der Waals surface area contributed by atoms with E-state index in [-0.39, 0.29) is 0 Å². The molecule has 1 fully saturated rings. The number of aryl methyl sites for hydroxylation is 1. The third kappa shape index (κ3) is 2.43. The summed E-state index contributed by atoms with van der Waals surface area (Å²) < 4.78 is 5.39. The Morgan fingerprint density at radius 1 is 1.11 bits per heavy atom. The Morgan fingerprint density at radius 3 is 2.47 bits per heavy atom. The molecule has 2 aromatic rings. The van der Waals surface area contributed by atoms with Crippen molar-refractivity contribution in [3.63, 3.8) is 0 Å². The highest BCUT2D eigenvalue weighted by atomic mass is 16.5. The Morgan fingerprint density at radius 2 is 1.79 bits per heavy atom. The molecule has 0 atom stereocenters. The van der Waals surface area contributed by atoms with Gasteiger partial charge in [0.15, 0.2) is 5.76 Å². The Kier molecular flexibility index (Phi) is 3.15. The van der Waals surface area contributed by atoms with Gasteiger partial charge in [-0.05, 0) is 19.8 Å². The summed E-state index contributed by atoms with van der Waals surface area (Å²) >= 11 is 0. The van der Waals surface area contributed by atoms with Crippen LogP contribution in [0.3, 0.4) is 0 Å². The fraction of sp³-hybridized carbons (Fsp3) is 0.438. The van der Waals surface area contributed by atoms with Crippen molar-refractivity contribution in [3.05, 3.63) is 41.7 Å². The number of benzene rings is 1. The summed E-state index contributed by atoms with van der Waals surface area (Å²) in [5.41, 5.74) is 2.24. The molecule has 100 valence electrons. The van der Waals surface area contributed by atoms with Crippen LogP contribution >= 0.6 is 0 Å². The van der Waals surface area contributed by atoms with Crippen molar-refractivity contribution in [2.24, 2.45) is 0 Å². The Hall–Kier alpha value is -1.61. The fourth-order valence-corrected chi connectivity index (χ4v) is 2.74. The molecule has 1 saturated carbocycles. The van der Waals surface area contributed by atoms with Crippen LogP contribution < -0.4 is 0 Å². The average Bonchev–Trinajstić information content (AvgIpc) is 2.91. The quantitative estimate of drug-likeness (QED) is 0.890. The second kappa shape index (κ2) is 4.82. The predicted molar refractivity (Wildman–Crippen MR) is 73.7 cm³/mol. The highest BCUT2D eigenvalue weighted by Crippen LogP contribution is 2.38. The van der Waals surface area contributed by atoms with E-state index >= 15 is 0 Å². The summed E-state index contributed by atoms with van der Waals surface area (Å²) in [6.45, 7) is 2.06. The van der Waals surface area contributed by atoms with Crippen LogP contribution in [0.25, 0.3) is 11.3 Å². The zero-order chi connectivity index (χ0) is 13.3. The number of hydrogen-bond donors (Lipinski definition) is 1. The van der Waals surface area contributed by atoms with Crippen LogP contribution in [0, 0.1) is 6.92 Å². The minimum absolute atomic E-state index is 0.614. The summed E-state index contributed by atoms with van der Waals surface area (Å²) in [6.07, 6.45) is 4.85. The first kappa shape index (κ1) is 12.4. The molecule has 0 unspecified atom stereocenters. The van der Waals surface area contributed by atoms with E-state index < -0.39 is 5.60 Å². The zero-order valence-corrected chi connectivity index (χ0v) is 11.2. The zero-order valence-electron chi connectivity index (χ0n) is 11.2. The van der Waals surface area contributed by atoms with Crippen LogP contribution in [0.4, 0.5) is 0 Å². The lowest BCUT2D eigenvalue weighted by molar-refractivity contribution is -0.0241. The van der Waals surface area contributed by atoms with E-state index in [9.17, 15) is 5.11 Å². The van der Waals surface area contributed by atoms with Gasteiger partial charge in [0, 0.05) is 11.6 Å². The maximum absolute atomic E-state index is 10.6. The van der Waals surface area contributed by atoms with Gasteiger partial charge >= 0.3 is 0 Å². The van der Waals surface area contributed by atoms with Crippen molar-refractivity contribution in [1.29, 1.82) is 0 Å². The van der Waals surface area contributed by atoms with E-state index in [1.807, 2.05) is 18.2 Å². The van der Waals surface area contributed by atoms with E-state index in [0.29, 0.717) is 5.76 Å². The smallest absolute Gasteiger partial charge is 0.168 e. The van der Waals surface area contributed by atoms with Gasteiger partial charge in [0.25, 0.3) is 0 Å². The number of hydrogen-bond acceptors (Lipinski definition) is 3. The largest absolute Gasteiger partial charge is 0.382 e. The highest BCUT2D eigenvalue weighted by Gasteiger charge is 2.35. The predicted octanol–water partition coefficient (Wildman–Crippen LogP) is 3.80. The molecule has 1 N–H and O–H groups in total. The first-order valence-electron chi connectivity index (χ1n) is 6.94. The van der Waals surface area contributed by atoms with E-state index in [1.165, 1.54) is 12.0 Å². The average molecular weight is 257 g/mol. The molecule has 0 aliphatic heterocycles. The molecule has 0 spiro atoms. The van der Waals surface area contributed by atoms with E-state index in [2.05, 4.69) is 24.2 Å². The fourth-order valence-electron chi connectivity index (χ4n) is 2.74. The van der Waals surface area contributed by atoms with Crippen LogP contribution in [-0.2, 0) is 5.60 Å². The Balaban J connectivity index is 1.88. The summed E-state index contributed by atoms with van der Waals surface area (Å²) in [7, 11) is 0. The van der Waals surface area contributed by atoms with Gasteiger partial charge in [-0.2, -0.15) is 0 Å². The molecule has 0 saturated heterocycles. The van der Waals surface area contributed by atoms with Gasteiger partial charge in [-0.3, -0.25) is 0 Å². The Labute approximate surface area is 113 Å². The van der Waals surface area contributed by atoms with E-state index in [1.54, 1.807) is 0 Å². The van der Waals surface area contributed by atoms with E-state index in [4.69, 9.17) is 4.52 Å². The summed E-state index contributed by atoms with van der Waals surface area (Å²) in [4.78, 5) is 0. The number of rotatable bonds is 2. The lowest BCUT2D eigenvalue weighted by Crippen LogP contribution is -2.27. The van der Waals surface area contributed by atoms with Crippen molar-refractivity contribution in [2.45, 2.75) is 44.6 Å². The molecule has 19 heavy (non-hydrogen) atoms. The highest BCUT2D eigenvalue weighted by molar-refractivity contribution is 5.59. The van der Waals surface area contributed by atoms with Gasteiger partial charge in [-0.15, -0.1) is 0 Å². The third-order valence-electron chi connectivity index (χ3n) is 4.00. The Bertz CT molecular complexity index is 550. The van der Waals surface area contributed by atoms with Gasteiger partial charge in [-0.25, -0.2) is 0 Å². The molecule has 3 rings (SSSR count). The first-order valence-corrected chi connectivity index (χ1v) is 6.94. The first-order chi connectivity index (χ1) is 9.17. The normalized spacial score (nSPS) is 18.4. The van der Waals surface area contributed by atoms with E-state index in [0.717, 1.165) is 36.9 Å². The van der Waals surface area contributed by atoms with Crippen molar-refractivity contribution >= 4 is 0 Å². The lowest BCUT2D eigenvalue weighted by atomic mass is 9.83. The monoisotopic (exact) mass is 257 g/mol. The molecule has 1 heterocycles. The lowest BCUT2D eigenvalue weighted by Gasteiger charge is -2.29. The minimum atomic E-state index is -0.811. The molecule has 1 aliphatic carbocycles. The molecule has 0 amide bonds. The van der Waals surface area contributed by atoms with Gasteiger partial charge in [0.05, 0.1) is 0 Å².